The standard InChI is InChI=1S/C15H12F3NO2/c16-15(17,18)11-6-8-12(9-7-11)19-14(20)10-21-13-4-2-1-3-5-13/h1-9H,10H2,(H,19,20). The maximum absolute atomic E-state index is 12.4. The van der Waals surface area contributed by atoms with E-state index in [0.717, 1.165) is 12.1 Å². The molecule has 0 unspecified atom stereocenters. The van der Waals surface area contributed by atoms with Gasteiger partial charge in [0.05, 0.1) is 5.56 Å². The Morgan fingerprint density at radius 1 is 1.00 bits per heavy atom. The van der Waals surface area contributed by atoms with E-state index in [1.54, 1.807) is 24.3 Å². The zero-order valence-electron chi connectivity index (χ0n) is 10.9. The van der Waals surface area contributed by atoms with Gasteiger partial charge in [-0.05, 0) is 36.4 Å². The van der Waals surface area contributed by atoms with Gasteiger partial charge in [0.25, 0.3) is 5.91 Å². The number of amides is 1. The van der Waals surface area contributed by atoms with Gasteiger partial charge in [-0.15, -0.1) is 0 Å². The average Bonchev–Trinajstić information content (AvgIpc) is 2.46. The Morgan fingerprint density at radius 3 is 2.19 bits per heavy atom. The van der Waals surface area contributed by atoms with Gasteiger partial charge in [0.15, 0.2) is 6.61 Å². The van der Waals surface area contributed by atoms with Gasteiger partial charge < -0.3 is 10.1 Å². The maximum Gasteiger partial charge on any atom is 0.416 e. The van der Waals surface area contributed by atoms with Crippen molar-refractivity contribution in [3.05, 3.63) is 60.2 Å². The third-order valence-corrected chi connectivity index (χ3v) is 2.61. The molecule has 2 rings (SSSR count). The number of hydrogen-bond acceptors (Lipinski definition) is 2. The Hall–Kier alpha value is -2.50. The monoisotopic (exact) mass is 295 g/mol. The highest BCUT2D eigenvalue weighted by molar-refractivity contribution is 5.91. The van der Waals surface area contributed by atoms with Crippen molar-refractivity contribution in [2.45, 2.75) is 6.18 Å². The number of halogens is 3. The lowest BCUT2D eigenvalue weighted by Crippen LogP contribution is -2.20. The van der Waals surface area contributed by atoms with Crippen molar-refractivity contribution in [1.29, 1.82) is 0 Å². The minimum atomic E-state index is -4.39. The van der Waals surface area contributed by atoms with Gasteiger partial charge in [-0.3, -0.25) is 4.79 Å². The second-order valence-corrected chi connectivity index (χ2v) is 4.23. The van der Waals surface area contributed by atoms with Crippen LogP contribution in [-0.4, -0.2) is 12.5 Å². The number of rotatable bonds is 4. The molecule has 0 saturated heterocycles. The van der Waals surface area contributed by atoms with E-state index in [1.165, 1.54) is 12.1 Å². The molecule has 110 valence electrons. The van der Waals surface area contributed by atoms with E-state index in [1.807, 2.05) is 6.07 Å². The highest BCUT2D eigenvalue weighted by Gasteiger charge is 2.29. The van der Waals surface area contributed by atoms with Crippen LogP contribution in [0.2, 0.25) is 0 Å². The van der Waals surface area contributed by atoms with Crippen LogP contribution in [0.4, 0.5) is 18.9 Å². The van der Waals surface area contributed by atoms with Gasteiger partial charge in [0.1, 0.15) is 5.75 Å². The average molecular weight is 295 g/mol. The topological polar surface area (TPSA) is 38.3 Å². The second kappa shape index (κ2) is 6.30. The number of alkyl halides is 3. The first kappa shape index (κ1) is 14.9. The molecule has 1 N–H and O–H groups in total. The van der Waals surface area contributed by atoms with Gasteiger partial charge in [0, 0.05) is 5.69 Å². The minimum Gasteiger partial charge on any atom is -0.484 e. The first-order chi connectivity index (χ1) is 9.95. The van der Waals surface area contributed by atoms with Crippen LogP contribution in [-0.2, 0) is 11.0 Å². The maximum atomic E-state index is 12.4. The summed E-state index contributed by atoms with van der Waals surface area (Å²) in [5.74, 6) is 0.0960. The van der Waals surface area contributed by atoms with Gasteiger partial charge in [0.2, 0.25) is 0 Å². The van der Waals surface area contributed by atoms with E-state index in [-0.39, 0.29) is 12.3 Å². The summed E-state index contributed by atoms with van der Waals surface area (Å²) in [5, 5.41) is 2.46. The van der Waals surface area contributed by atoms with Crippen LogP contribution in [0.25, 0.3) is 0 Å². The number of ether oxygens (including phenoxy) is 1. The number of para-hydroxylation sites is 1. The molecule has 0 atom stereocenters. The van der Waals surface area contributed by atoms with Crippen LogP contribution in [0.15, 0.2) is 54.6 Å². The molecule has 2 aromatic carbocycles. The molecular formula is C15H12F3NO2. The molecule has 0 aliphatic carbocycles. The Morgan fingerprint density at radius 2 is 1.62 bits per heavy atom. The zero-order chi connectivity index (χ0) is 15.3. The van der Waals surface area contributed by atoms with Crippen LogP contribution in [0, 0.1) is 0 Å². The van der Waals surface area contributed by atoms with Crippen molar-refractivity contribution in [3.63, 3.8) is 0 Å². The minimum absolute atomic E-state index is 0.217. The van der Waals surface area contributed by atoms with E-state index in [2.05, 4.69) is 5.32 Å². The zero-order valence-corrected chi connectivity index (χ0v) is 10.9. The molecule has 0 fully saturated rings. The van der Waals surface area contributed by atoms with Gasteiger partial charge in [-0.1, -0.05) is 18.2 Å². The summed E-state index contributed by atoms with van der Waals surface area (Å²) in [7, 11) is 0. The molecule has 21 heavy (non-hydrogen) atoms. The van der Waals surface area contributed by atoms with Crippen LogP contribution >= 0.6 is 0 Å². The van der Waals surface area contributed by atoms with Crippen LogP contribution in [0.1, 0.15) is 5.56 Å². The molecule has 0 aliphatic heterocycles. The summed E-state index contributed by atoms with van der Waals surface area (Å²) < 4.78 is 42.4. The van der Waals surface area contributed by atoms with Crippen molar-refractivity contribution < 1.29 is 22.7 Å². The number of nitrogens with one attached hydrogen (secondary N) is 1. The fraction of sp³-hybridized carbons (Fsp3) is 0.133. The Bertz CT molecular complexity index is 595. The smallest absolute Gasteiger partial charge is 0.416 e. The van der Waals surface area contributed by atoms with E-state index in [4.69, 9.17) is 4.74 Å². The highest BCUT2D eigenvalue weighted by Crippen LogP contribution is 2.29. The highest BCUT2D eigenvalue weighted by atomic mass is 19.4. The quantitative estimate of drug-likeness (QED) is 0.933. The molecule has 2 aromatic rings. The first-order valence-corrected chi connectivity index (χ1v) is 6.10. The molecule has 0 heterocycles. The SMILES string of the molecule is O=C(COc1ccccc1)Nc1ccc(C(F)(F)F)cc1. The first-order valence-electron chi connectivity index (χ1n) is 6.10. The van der Waals surface area contributed by atoms with Crippen molar-refractivity contribution in [3.8, 4) is 5.75 Å². The summed E-state index contributed by atoms with van der Waals surface area (Å²) >= 11 is 0. The van der Waals surface area contributed by atoms with E-state index in [9.17, 15) is 18.0 Å². The molecule has 1 amide bonds. The predicted molar refractivity (Wildman–Crippen MR) is 72.0 cm³/mol. The van der Waals surface area contributed by atoms with E-state index >= 15 is 0 Å². The molecular weight excluding hydrogens is 283 g/mol. The molecule has 0 radical (unpaired) electrons. The summed E-state index contributed by atoms with van der Waals surface area (Å²) in [6.45, 7) is -0.217. The number of hydrogen-bond donors (Lipinski definition) is 1. The third kappa shape index (κ3) is 4.52. The van der Waals surface area contributed by atoms with E-state index in [0.29, 0.717) is 5.75 Å². The van der Waals surface area contributed by atoms with Crippen molar-refractivity contribution in [2.24, 2.45) is 0 Å². The molecule has 0 spiro atoms. The Kier molecular flexibility index (Phi) is 4.47. The number of anilines is 1. The van der Waals surface area contributed by atoms with Gasteiger partial charge in [-0.25, -0.2) is 0 Å². The van der Waals surface area contributed by atoms with Crippen molar-refractivity contribution in [1.82, 2.24) is 0 Å². The molecule has 0 aromatic heterocycles. The van der Waals surface area contributed by atoms with Crippen molar-refractivity contribution in [2.75, 3.05) is 11.9 Å². The lowest BCUT2D eigenvalue weighted by atomic mass is 10.2. The summed E-state index contributed by atoms with van der Waals surface area (Å²) in [6, 6.07) is 13.0. The largest absolute Gasteiger partial charge is 0.484 e. The van der Waals surface area contributed by atoms with Crippen molar-refractivity contribution >= 4 is 11.6 Å². The predicted octanol–water partition coefficient (Wildman–Crippen LogP) is 3.72. The molecule has 0 aliphatic rings. The molecule has 6 heteroatoms. The number of carbonyl (C=O) groups is 1. The molecule has 0 bridgehead atoms. The van der Waals surface area contributed by atoms with E-state index < -0.39 is 17.6 Å². The summed E-state index contributed by atoms with van der Waals surface area (Å²) in [5.41, 5.74) is -0.481. The van der Waals surface area contributed by atoms with Gasteiger partial charge >= 0.3 is 6.18 Å². The van der Waals surface area contributed by atoms with Gasteiger partial charge in [-0.2, -0.15) is 13.2 Å². The summed E-state index contributed by atoms with van der Waals surface area (Å²) in [4.78, 5) is 11.6. The van der Waals surface area contributed by atoms with Crippen LogP contribution in [0.5, 0.6) is 5.75 Å². The summed E-state index contributed by atoms with van der Waals surface area (Å²) in [6.07, 6.45) is -4.39. The molecule has 0 saturated carbocycles. The molecule has 3 nitrogen and oxygen atoms in total. The lowest BCUT2D eigenvalue weighted by Gasteiger charge is -2.09. The fourth-order valence-electron chi connectivity index (χ4n) is 1.61. The number of benzene rings is 2. The Labute approximate surface area is 119 Å². The van der Waals surface area contributed by atoms with Crippen LogP contribution in [0.3, 0.4) is 0 Å². The van der Waals surface area contributed by atoms with Crippen LogP contribution < -0.4 is 10.1 Å². The second-order valence-electron chi connectivity index (χ2n) is 4.23. The lowest BCUT2D eigenvalue weighted by molar-refractivity contribution is -0.137. The fourth-order valence-corrected chi connectivity index (χ4v) is 1.61. The Balaban J connectivity index is 1.88. The number of carbonyl (C=O) groups excluding carboxylic acids is 1. The third-order valence-electron chi connectivity index (χ3n) is 2.61. The normalized spacial score (nSPS) is 11.0.